The van der Waals surface area contributed by atoms with Crippen molar-refractivity contribution in [1.82, 2.24) is 0 Å². The summed E-state index contributed by atoms with van der Waals surface area (Å²) in [6, 6.07) is 0. The van der Waals surface area contributed by atoms with E-state index in [0.29, 0.717) is 5.92 Å². The maximum absolute atomic E-state index is 5.78. The van der Waals surface area contributed by atoms with Gasteiger partial charge in [0.05, 0.1) is 0 Å². The molecule has 0 bridgehead atoms. The second-order valence-corrected chi connectivity index (χ2v) is 3.57. The van der Waals surface area contributed by atoms with Crippen molar-refractivity contribution in [1.29, 1.82) is 0 Å². The summed E-state index contributed by atoms with van der Waals surface area (Å²) in [5, 5.41) is 0. The van der Waals surface area contributed by atoms with Crippen LogP contribution in [0.1, 0.15) is 26.7 Å². The molecule has 11 heavy (non-hydrogen) atoms. The van der Waals surface area contributed by atoms with Crippen molar-refractivity contribution in [2.45, 2.75) is 32.5 Å². The zero-order valence-electron chi connectivity index (χ0n) is 7.51. The van der Waals surface area contributed by atoms with Crippen molar-refractivity contribution in [3.05, 3.63) is 13.3 Å². The quantitative estimate of drug-likeness (QED) is 0.473. The minimum absolute atomic E-state index is 0. The first kappa shape index (κ1) is 12.2. The van der Waals surface area contributed by atoms with Crippen molar-refractivity contribution in [3.8, 4) is 0 Å². The molecule has 0 nitrogen and oxygen atoms in total. The molecule has 2 heteroatoms. The van der Waals surface area contributed by atoms with Crippen molar-refractivity contribution >= 4 is 7.85 Å². The van der Waals surface area contributed by atoms with E-state index in [4.69, 9.17) is 7.85 Å². The van der Waals surface area contributed by atoms with Crippen LogP contribution in [-0.2, 0) is 32.7 Å². The molecular formula is C9H15BY-2. The van der Waals surface area contributed by atoms with Crippen molar-refractivity contribution in [3.63, 3.8) is 0 Å². The molecule has 1 aliphatic rings. The van der Waals surface area contributed by atoms with E-state index in [0.717, 1.165) is 12.8 Å². The Morgan fingerprint density at radius 1 is 1.73 bits per heavy atom. The van der Waals surface area contributed by atoms with Gasteiger partial charge in [-0.05, 0) is 0 Å². The number of hydrogen-bond donors (Lipinski definition) is 0. The average Bonchev–Trinajstić information content (AvgIpc) is 2.09. The van der Waals surface area contributed by atoms with Gasteiger partial charge < -0.3 is 13.3 Å². The Hall–Kier alpha value is 1.17. The van der Waals surface area contributed by atoms with Crippen molar-refractivity contribution < 1.29 is 32.7 Å². The molecule has 1 unspecified atom stereocenters. The van der Waals surface area contributed by atoms with Crippen molar-refractivity contribution in [2.75, 3.05) is 0 Å². The van der Waals surface area contributed by atoms with Crippen LogP contribution in [0.5, 0.6) is 0 Å². The first-order chi connectivity index (χ1) is 4.58. The maximum atomic E-state index is 5.78. The third-order valence-corrected chi connectivity index (χ3v) is 2.85. The molecule has 0 aromatic rings. The Kier molecular flexibility index (Phi) is 4.89. The Morgan fingerprint density at radius 2 is 2.27 bits per heavy atom. The summed E-state index contributed by atoms with van der Waals surface area (Å²) in [5.74, 6) is 0.875. The second kappa shape index (κ2) is 4.42. The zero-order chi connectivity index (χ0) is 7.78. The first-order valence-electron chi connectivity index (χ1n) is 4.04. The fraction of sp³-hybridized carbons (Fsp3) is 0.778. The predicted molar refractivity (Wildman–Crippen MR) is 45.7 cm³/mol. The van der Waals surface area contributed by atoms with Gasteiger partial charge in [0, 0.05) is 40.6 Å². The molecular weight excluding hydrogens is 208 g/mol. The number of rotatable bonds is 1. The van der Waals surface area contributed by atoms with E-state index in [1.807, 2.05) is 0 Å². The Labute approximate surface area is 97.2 Å². The van der Waals surface area contributed by atoms with Crippen LogP contribution in [0.3, 0.4) is 0 Å². The van der Waals surface area contributed by atoms with Gasteiger partial charge in [0.2, 0.25) is 0 Å². The summed E-state index contributed by atoms with van der Waals surface area (Å²) in [5.41, 5.74) is 0.236. The van der Waals surface area contributed by atoms with Gasteiger partial charge in [-0.25, -0.2) is 5.82 Å². The molecule has 1 fully saturated rings. The van der Waals surface area contributed by atoms with Crippen LogP contribution in [0.2, 0.25) is 5.82 Å². The van der Waals surface area contributed by atoms with Gasteiger partial charge in [0.25, 0.3) is 0 Å². The van der Waals surface area contributed by atoms with Gasteiger partial charge in [0.15, 0.2) is 0 Å². The normalized spacial score (nSPS) is 43.5. The molecule has 0 spiro atoms. The standard InChI is InChI=1S/C9H15B.Y/c1-4-9(3)6-8(10)5-7(9)2;/h5,7-8H,3-4,6H2,1-2H3;/q-2;/t7-,8-,9?;/m0./s1. The summed E-state index contributed by atoms with van der Waals surface area (Å²) in [6.07, 6.45) is 4.42. The summed E-state index contributed by atoms with van der Waals surface area (Å²) < 4.78 is 0. The van der Waals surface area contributed by atoms with E-state index in [2.05, 4.69) is 27.2 Å². The summed E-state index contributed by atoms with van der Waals surface area (Å²) in [4.78, 5) is 0. The minimum atomic E-state index is 0. The summed E-state index contributed by atoms with van der Waals surface area (Å²) >= 11 is 0. The third kappa shape index (κ3) is 2.56. The van der Waals surface area contributed by atoms with Crippen LogP contribution >= 0.6 is 0 Å². The second-order valence-electron chi connectivity index (χ2n) is 3.57. The van der Waals surface area contributed by atoms with Gasteiger partial charge in [-0.1, -0.05) is 20.3 Å². The topological polar surface area (TPSA) is 0 Å². The molecule has 0 N–H and O–H groups in total. The third-order valence-electron chi connectivity index (χ3n) is 2.85. The van der Waals surface area contributed by atoms with Gasteiger partial charge in [0.1, 0.15) is 0 Å². The fourth-order valence-electron chi connectivity index (χ4n) is 1.76. The van der Waals surface area contributed by atoms with E-state index in [1.54, 1.807) is 0 Å². The molecule has 59 valence electrons. The SMILES string of the molecule is [B][C@H]1[CH-][C@H](C)C([CH2-])(CC)C1.[Y]. The molecule has 0 amide bonds. The molecule has 3 atom stereocenters. The zero-order valence-corrected chi connectivity index (χ0v) is 10.3. The van der Waals surface area contributed by atoms with E-state index in [1.165, 1.54) is 0 Å². The molecule has 0 heterocycles. The van der Waals surface area contributed by atoms with E-state index >= 15 is 0 Å². The first-order valence-corrected chi connectivity index (χ1v) is 4.04. The Bertz CT molecular complexity index is 127. The molecule has 3 radical (unpaired) electrons. The Morgan fingerprint density at radius 3 is 2.45 bits per heavy atom. The molecule has 1 rings (SSSR count). The molecule has 1 saturated carbocycles. The molecule has 0 aliphatic heterocycles. The van der Waals surface area contributed by atoms with Crippen LogP contribution in [0.4, 0.5) is 0 Å². The maximum Gasteiger partial charge on any atom is 0.0313 e. The Balaban J connectivity index is 0.000001000. The van der Waals surface area contributed by atoms with Gasteiger partial charge >= 0.3 is 0 Å². The van der Waals surface area contributed by atoms with Gasteiger partial charge in [-0.2, -0.15) is 11.3 Å². The average molecular weight is 223 g/mol. The smallest absolute Gasteiger partial charge is 0.0313 e. The number of hydrogen-bond acceptors (Lipinski definition) is 0. The molecule has 0 aromatic heterocycles. The molecule has 0 saturated heterocycles. The van der Waals surface area contributed by atoms with Crippen LogP contribution in [0.25, 0.3) is 0 Å². The van der Waals surface area contributed by atoms with Crippen LogP contribution in [0.15, 0.2) is 0 Å². The van der Waals surface area contributed by atoms with Crippen molar-refractivity contribution in [2.24, 2.45) is 11.3 Å². The monoisotopic (exact) mass is 223 g/mol. The van der Waals surface area contributed by atoms with Crippen LogP contribution < -0.4 is 0 Å². The fourth-order valence-corrected chi connectivity index (χ4v) is 1.76. The molecule has 0 aromatic carbocycles. The van der Waals surface area contributed by atoms with E-state index in [9.17, 15) is 0 Å². The predicted octanol–water partition coefficient (Wildman–Crippen LogP) is 2.42. The van der Waals surface area contributed by atoms with Gasteiger partial charge in [-0.15, -0.1) is 6.42 Å². The summed E-state index contributed by atoms with van der Waals surface area (Å²) in [6.45, 7) is 8.61. The summed E-state index contributed by atoms with van der Waals surface area (Å²) in [7, 11) is 5.78. The largest absolute Gasteiger partial charge is 0.340 e. The molecule has 1 aliphatic carbocycles. The minimum Gasteiger partial charge on any atom is -0.340 e. The van der Waals surface area contributed by atoms with Crippen LogP contribution in [-0.4, -0.2) is 7.85 Å². The van der Waals surface area contributed by atoms with E-state index < -0.39 is 0 Å². The van der Waals surface area contributed by atoms with Gasteiger partial charge in [-0.3, -0.25) is 0 Å². The van der Waals surface area contributed by atoms with E-state index in [-0.39, 0.29) is 43.9 Å². The van der Waals surface area contributed by atoms with Crippen LogP contribution in [0, 0.1) is 24.7 Å².